The van der Waals surface area contributed by atoms with Crippen LogP contribution in [0.25, 0.3) is 0 Å². The molecule has 0 spiro atoms. The maximum Gasteiger partial charge on any atom is 0.267 e. The van der Waals surface area contributed by atoms with E-state index in [0.717, 1.165) is 32.6 Å². The molecule has 0 aliphatic carbocycles. The largest absolute Gasteiger partial charge is 0.396 e. The summed E-state index contributed by atoms with van der Waals surface area (Å²) in [6.07, 6.45) is 1.09. The van der Waals surface area contributed by atoms with Crippen LogP contribution in [0.4, 0.5) is 11.5 Å². The van der Waals surface area contributed by atoms with E-state index < -0.39 is 5.91 Å². The molecular weight excluding hydrogens is 254 g/mol. The number of primary amides is 1. The summed E-state index contributed by atoms with van der Waals surface area (Å²) in [6.45, 7) is 8.22. The fraction of sp³-hybridized carbons (Fsp3) is 0.571. The van der Waals surface area contributed by atoms with Crippen molar-refractivity contribution < 1.29 is 4.79 Å². The zero-order valence-corrected chi connectivity index (χ0v) is 12.2. The Labute approximate surface area is 119 Å². The van der Waals surface area contributed by atoms with Crippen molar-refractivity contribution in [1.29, 1.82) is 0 Å². The number of likely N-dealkylation sites (N-methyl/N-ethyl adjacent to an activating group) is 1. The summed E-state index contributed by atoms with van der Waals surface area (Å²) in [5, 5.41) is 0. The maximum atomic E-state index is 11.2. The summed E-state index contributed by atoms with van der Waals surface area (Å²) >= 11 is 0. The zero-order chi connectivity index (χ0) is 14.7. The van der Waals surface area contributed by atoms with Gasteiger partial charge in [-0.1, -0.05) is 13.8 Å². The first kappa shape index (κ1) is 14.6. The highest BCUT2D eigenvalue weighted by Crippen LogP contribution is 2.26. The summed E-state index contributed by atoms with van der Waals surface area (Å²) in [5.41, 5.74) is 12.1. The average molecular weight is 277 g/mol. The first-order valence-corrected chi connectivity index (χ1v) is 7.12. The minimum absolute atomic E-state index is 0.264. The SMILES string of the molecule is CCN(CC)C1CCN(c2nc(C(N)=O)ccc2N)C1. The molecule has 6 heteroatoms. The summed E-state index contributed by atoms with van der Waals surface area (Å²) in [6, 6.07) is 3.79. The average Bonchev–Trinajstić information content (AvgIpc) is 2.90. The van der Waals surface area contributed by atoms with E-state index in [1.54, 1.807) is 12.1 Å². The van der Waals surface area contributed by atoms with Crippen molar-refractivity contribution in [3.8, 4) is 0 Å². The lowest BCUT2D eigenvalue weighted by Crippen LogP contribution is -2.37. The number of aromatic nitrogens is 1. The summed E-state index contributed by atoms with van der Waals surface area (Å²) in [5.74, 6) is 0.154. The van der Waals surface area contributed by atoms with Gasteiger partial charge < -0.3 is 16.4 Å². The van der Waals surface area contributed by atoms with Crippen LogP contribution in [0.3, 0.4) is 0 Å². The van der Waals surface area contributed by atoms with Gasteiger partial charge in [-0.05, 0) is 31.6 Å². The minimum Gasteiger partial charge on any atom is -0.396 e. The number of nitrogens with two attached hydrogens (primary N) is 2. The maximum absolute atomic E-state index is 11.2. The summed E-state index contributed by atoms with van der Waals surface area (Å²) < 4.78 is 0. The monoisotopic (exact) mass is 277 g/mol. The van der Waals surface area contributed by atoms with Crippen molar-refractivity contribution in [2.45, 2.75) is 26.3 Å². The van der Waals surface area contributed by atoms with Crippen molar-refractivity contribution in [1.82, 2.24) is 9.88 Å². The molecule has 1 aliphatic heterocycles. The molecule has 1 aliphatic rings. The van der Waals surface area contributed by atoms with Gasteiger partial charge in [-0.25, -0.2) is 4.98 Å². The molecular formula is C14H23N5O. The number of carbonyl (C=O) groups excluding carboxylic acids is 1. The van der Waals surface area contributed by atoms with Gasteiger partial charge in [0.2, 0.25) is 0 Å². The van der Waals surface area contributed by atoms with Gasteiger partial charge in [-0.2, -0.15) is 0 Å². The van der Waals surface area contributed by atoms with Crippen LogP contribution >= 0.6 is 0 Å². The van der Waals surface area contributed by atoms with Gasteiger partial charge in [0.05, 0.1) is 5.69 Å². The lowest BCUT2D eigenvalue weighted by Gasteiger charge is -2.26. The van der Waals surface area contributed by atoms with Crippen LogP contribution in [0, 0.1) is 0 Å². The Bertz CT molecular complexity index is 486. The summed E-state index contributed by atoms with van der Waals surface area (Å²) in [4.78, 5) is 20.1. The number of pyridine rings is 1. The van der Waals surface area contributed by atoms with E-state index in [1.807, 2.05) is 0 Å². The molecule has 1 amide bonds. The molecule has 2 rings (SSSR count). The van der Waals surface area contributed by atoms with E-state index >= 15 is 0 Å². The van der Waals surface area contributed by atoms with Gasteiger partial charge in [-0.3, -0.25) is 9.69 Å². The molecule has 4 N–H and O–H groups in total. The summed E-state index contributed by atoms with van der Waals surface area (Å²) in [7, 11) is 0. The second-order valence-corrected chi connectivity index (χ2v) is 5.08. The Hall–Kier alpha value is -1.82. The molecule has 20 heavy (non-hydrogen) atoms. The minimum atomic E-state index is -0.522. The molecule has 110 valence electrons. The molecule has 1 aromatic rings. The number of hydrogen-bond donors (Lipinski definition) is 2. The highest BCUT2D eigenvalue weighted by Gasteiger charge is 2.28. The highest BCUT2D eigenvalue weighted by atomic mass is 16.1. The molecule has 0 saturated carbocycles. The van der Waals surface area contributed by atoms with E-state index in [4.69, 9.17) is 11.5 Å². The Morgan fingerprint density at radius 3 is 2.75 bits per heavy atom. The van der Waals surface area contributed by atoms with E-state index in [2.05, 4.69) is 28.6 Å². The molecule has 0 aromatic carbocycles. The Balaban J connectivity index is 2.17. The number of nitrogens with zero attached hydrogens (tertiary/aromatic N) is 3. The van der Waals surface area contributed by atoms with Gasteiger partial charge >= 0.3 is 0 Å². The van der Waals surface area contributed by atoms with Crippen LogP contribution in [0.5, 0.6) is 0 Å². The zero-order valence-electron chi connectivity index (χ0n) is 12.2. The molecule has 1 aromatic heterocycles. The van der Waals surface area contributed by atoms with E-state index in [0.29, 0.717) is 17.5 Å². The van der Waals surface area contributed by atoms with Crippen molar-refractivity contribution in [2.75, 3.05) is 36.8 Å². The molecule has 1 atom stereocenters. The third-order valence-electron chi connectivity index (χ3n) is 3.95. The van der Waals surface area contributed by atoms with Crippen LogP contribution in [0.1, 0.15) is 30.8 Å². The van der Waals surface area contributed by atoms with Crippen molar-refractivity contribution in [3.05, 3.63) is 17.8 Å². The molecule has 2 heterocycles. The Kier molecular flexibility index (Phi) is 4.44. The first-order valence-electron chi connectivity index (χ1n) is 7.12. The second-order valence-electron chi connectivity index (χ2n) is 5.08. The van der Waals surface area contributed by atoms with Gasteiger partial charge in [0.15, 0.2) is 5.82 Å². The topological polar surface area (TPSA) is 88.5 Å². The molecule has 1 fully saturated rings. The van der Waals surface area contributed by atoms with Crippen molar-refractivity contribution in [3.63, 3.8) is 0 Å². The standard InChI is InChI=1S/C14H23N5O/c1-3-18(4-2)10-7-8-19(9-10)14-11(15)5-6-12(17-14)13(16)20/h5-6,10H,3-4,7-9,15H2,1-2H3,(H2,16,20). The molecule has 1 saturated heterocycles. The Morgan fingerprint density at radius 1 is 1.45 bits per heavy atom. The van der Waals surface area contributed by atoms with Gasteiger partial charge in [0, 0.05) is 19.1 Å². The number of amides is 1. The second kappa shape index (κ2) is 6.09. The normalized spacial score (nSPS) is 18.8. The molecule has 0 radical (unpaired) electrons. The smallest absolute Gasteiger partial charge is 0.267 e. The fourth-order valence-electron chi connectivity index (χ4n) is 2.82. The predicted molar refractivity (Wildman–Crippen MR) is 80.7 cm³/mol. The van der Waals surface area contributed by atoms with Crippen LogP contribution in [0.15, 0.2) is 12.1 Å². The van der Waals surface area contributed by atoms with E-state index in [1.165, 1.54) is 0 Å². The number of hydrogen-bond acceptors (Lipinski definition) is 5. The fourth-order valence-corrected chi connectivity index (χ4v) is 2.82. The van der Waals surface area contributed by atoms with Gasteiger partial charge in [0.1, 0.15) is 5.69 Å². The van der Waals surface area contributed by atoms with Gasteiger partial charge in [-0.15, -0.1) is 0 Å². The highest BCUT2D eigenvalue weighted by molar-refractivity contribution is 5.91. The Morgan fingerprint density at radius 2 is 2.15 bits per heavy atom. The lowest BCUT2D eigenvalue weighted by molar-refractivity contribution is 0.0995. The molecule has 6 nitrogen and oxygen atoms in total. The van der Waals surface area contributed by atoms with Crippen LogP contribution in [-0.4, -0.2) is 48.0 Å². The number of carbonyl (C=O) groups is 1. The van der Waals surface area contributed by atoms with E-state index in [9.17, 15) is 4.79 Å². The predicted octanol–water partition coefficient (Wildman–Crippen LogP) is 0.683. The van der Waals surface area contributed by atoms with Crippen LogP contribution < -0.4 is 16.4 Å². The van der Waals surface area contributed by atoms with Crippen molar-refractivity contribution in [2.24, 2.45) is 5.73 Å². The van der Waals surface area contributed by atoms with E-state index in [-0.39, 0.29) is 5.69 Å². The molecule has 0 bridgehead atoms. The number of rotatable bonds is 5. The van der Waals surface area contributed by atoms with Gasteiger partial charge in [0.25, 0.3) is 5.91 Å². The van der Waals surface area contributed by atoms with Crippen molar-refractivity contribution >= 4 is 17.4 Å². The third-order valence-corrected chi connectivity index (χ3v) is 3.95. The number of nitrogen functional groups attached to an aromatic ring is 1. The lowest BCUT2D eigenvalue weighted by atomic mass is 10.2. The third kappa shape index (κ3) is 2.85. The number of anilines is 2. The first-order chi connectivity index (χ1) is 9.56. The van der Waals surface area contributed by atoms with Crippen LogP contribution in [0.2, 0.25) is 0 Å². The quantitative estimate of drug-likeness (QED) is 0.826. The molecule has 1 unspecified atom stereocenters. The van der Waals surface area contributed by atoms with Crippen LogP contribution in [-0.2, 0) is 0 Å².